The second kappa shape index (κ2) is 6.10. The number of amides is 1. The summed E-state index contributed by atoms with van der Waals surface area (Å²) < 4.78 is 28.6. The van der Waals surface area contributed by atoms with Crippen molar-refractivity contribution in [3.05, 3.63) is 34.3 Å². The Kier molecular flexibility index (Phi) is 4.04. The van der Waals surface area contributed by atoms with Gasteiger partial charge in [-0.25, -0.2) is 13.4 Å². The normalized spacial score (nSPS) is 20.9. The number of hydrogen-bond acceptors (Lipinski definition) is 6. The fourth-order valence-corrected chi connectivity index (χ4v) is 5.85. The molecule has 0 aliphatic carbocycles. The first-order valence-electron chi connectivity index (χ1n) is 8.16. The third-order valence-corrected chi connectivity index (χ3v) is 7.48. The van der Waals surface area contributed by atoms with Crippen LogP contribution in [0, 0.1) is 6.92 Å². The monoisotopic (exact) mass is 378 g/mol. The van der Waals surface area contributed by atoms with Gasteiger partial charge in [-0.1, -0.05) is 0 Å². The molecule has 1 aromatic carbocycles. The quantitative estimate of drug-likeness (QED) is 0.883. The van der Waals surface area contributed by atoms with Crippen molar-refractivity contribution in [1.82, 2.24) is 10.3 Å². The molecule has 4 rings (SSSR count). The summed E-state index contributed by atoms with van der Waals surface area (Å²) in [6.45, 7) is 2.50. The lowest BCUT2D eigenvalue weighted by molar-refractivity contribution is 0.0944. The van der Waals surface area contributed by atoms with Gasteiger partial charge in [0.15, 0.2) is 9.84 Å². The summed E-state index contributed by atoms with van der Waals surface area (Å²) in [6, 6.07) is 5.65. The minimum absolute atomic E-state index is 0.0221. The molecule has 0 saturated carbocycles. The SMILES string of the molecule is Cc1nc(-c2ccc3c(c2)CCO3)sc1C(=O)N[C@H]1CCS(=O)(=O)C1. The Balaban J connectivity index is 1.55. The molecular weight excluding hydrogens is 360 g/mol. The van der Waals surface area contributed by atoms with Gasteiger partial charge in [-0.15, -0.1) is 11.3 Å². The molecule has 1 fully saturated rings. The Morgan fingerprint density at radius 1 is 1.40 bits per heavy atom. The van der Waals surface area contributed by atoms with Gasteiger partial charge < -0.3 is 10.1 Å². The van der Waals surface area contributed by atoms with Crippen LogP contribution in [0.1, 0.15) is 27.3 Å². The lowest BCUT2D eigenvalue weighted by Gasteiger charge is -2.09. The van der Waals surface area contributed by atoms with E-state index in [1.807, 2.05) is 12.1 Å². The summed E-state index contributed by atoms with van der Waals surface area (Å²) in [5, 5.41) is 3.62. The topological polar surface area (TPSA) is 85.4 Å². The van der Waals surface area contributed by atoms with E-state index in [1.54, 1.807) is 6.92 Å². The molecule has 25 heavy (non-hydrogen) atoms. The lowest BCUT2D eigenvalue weighted by Crippen LogP contribution is -2.35. The summed E-state index contributed by atoms with van der Waals surface area (Å²) in [5.41, 5.74) is 2.79. The first kappa shape index (κ1) is 16.5. The molecule has 8 heteroatoms. The number of thiazole rings is 1. The number of ether oxygens (including phenoxy) is 1. The molecule has 2 aliphatic rings. The van der Waals surface area contributed by atoms with Crippen molar-refractivity contribution < 1.29 is 17.9 Å². The second-order valence-corrected chi connectivity index (χ2v) is 9.66. The van der Waals surface area contributed by atoms with Crippen LogP contribution >= 0.6 is 11.3 Å². The molecule has 0 bridgehead atoms. The number of aryl methyl sites for hydroxylation is 1. The Labute approximate surface area is 150 Å². The molecule has 2 aliphatic heterocycles. The van der Waals surface area contributed by atoms with Crippen LogP contribution in [-0.4, -0.2) is 43.5 Å². The maximum Gasteiger partial charge on any atom is 0.263 e. The Morgan fingerprint density at radius 2 is 2.24 bits per heavy atom. The number of aromatic nitrogens is 1. The van der Waals surface area contributed by atoms with E-state index >= 15 is 0 Å². The van der Waals surface area contributed by atoms with E-state index in [1.165, 1.54) is 11.3 Å². The molecular formula is C17H18N2O4S2. The largest absolute Gasteiger partial charge is 0.493 e. The number of sulfone groups is 1. The molecule has 1 aromatic heterocycles. The first-order valence-corrected chi connectivity index (χ1v) is 10.8. The van der Waals surface area contributed by atoms with Gasteiger partial charge in [-0.3, -0.25) is 4.79 Å². The highest BCUT2D eigenvalue weighted by atomic mass is 32.2. The predicted octanol–water partition coefficient (Wildman–Crippen LogP) is 1.97. The van der Waals surface area contributed by atoms with Crippen LogP contribution in [0.3, 0.4) is 0 Å². The van der Waals surface area contributed by atoms with E-state index in [-0.39, 0.29) is 23.5 Å². The van der Waals surface area contributed by atoms with Gasteiger partial charge in [0.25, 0.3) is 5.91 Å². The summed E-state index contributed by atoms with van der Waals surface area (Å²) in [5.74, 6) is 0.835. The van der Waals surface area contributed by atoms with Crippen LogP contribution in [-0.2, 0) is 16.3 Å². The van der Waals surface area contributed by atoms with E-state index in [4.69, 9.17) is 4.74 Å². The summed E-state index contributed by atoms with van der Waals surface area (Å²) in [6.07, 6.45) is 1.36. The van der Waals surface area contributed by atoms with E-state index in [0.29, 0.717) is 23.6 Å². The van der Waals surface area contributed by atoms with Crippen molar-refractivity contribution in [2.75, 3.05) is 18.1 Å². The van der Waals surface area contributed by atoms with Crippen molar-refractivity contribution in [3.8, 4) is 16.3 Å². The highest BCUT2D eigenvalue weighted by Gasteiger charge is 2.30. The van der Waals surface area contributed by atoms with Crippen LogP contribution in [0.5, 0.6) is 5.75 Å². The number of carbonyl (C=O) groups excluding carboxylic acids is 1. The van der Waals surface area contributed by atoms with Crippen LogP contribution in [0.2, 0.25) is 0 Å². The number of fused-ring (bicyclic) bond motifs is 1. The van der Waals surface area contributed by atoms with Crippen LogP contribution < -0.4 is 10.1 Å². The van der Waals surface area contributed by atoms with Gasteiger partial charge in [0.05, 0.1) is 23.8 Å². The average molecular weight is 378 g/mol. The van der Waals surface area contributed by atoms with E-state index in [0.717, 1.165) is 28.3 Å². The number of nitrogens with one attached hydrogen (secondary N) is 1. The summed E-state index contributed by atoms with van der Waals surface area (Å²) >= 11 is 1.34. The second-order valence-electron chi connectivity index (χ2n) is 6.43. The molecule has 3 heterocycles. The van der Waals surface area contributed by atoms with Crippen molar-refractivity contribution in [1.29, 1.82) is 0 Å². The number of rotatable bonds is 3. The molecule has 0 unspecified atom stereocenters. The van der Waals surface area contributed by atoms with Gasteiger partial charge in [-0.2, -0.15) is 0 Å². The molecule has 1 amide bonds. The minimum atomic E-state index is -3.02. The molecule has 2 aromatic rings. The van der Waals surface area contributed by atoms with Gasteiger partial charge in [-0.05, 0) is 37.1 Å². The molecule has 0 radical (unpaired) electrons. The van der Waals surface area contributed by atoms with Crippen LogP contribution in [0.4, 0.5) is 0 Å². The van der Waals surface area contributed by atoms with Gasteiger partial charge >= 0.3 is 0 Å². The van der Waals surface area contributed by atoms with Gasteiger partial charge in [0.1, 0.15) is 15.6 Å². The number of nitrogens with zero attached hydrogens (tertiary/aromatic N) is 1. The van der Waals surface area contributed by atoms with Crippen molar-refractivity contribution in [2.24, 2.45) is 0 Å². The fourth-order valence-electron chi connectivity index (χ4n) is 3.21. The van der Waals surface area contributed by atoms with Crippen molar-refractivity contribution in [2.45, 2.75) is 25.8 Å². The molecule has 1 N–H and O–H groups in total. The smallest absolute Gasteiger partial charge is 0.263 e. The van der Waals surface area contributed by atoms with Gasteiger partial charge in [0.2, 0.25) is 0 Å². The maximum absolute atomic E-state index is 12.5. The van der Waals surface area contributed by atoms with E-state index < -0.39 is 9.84 Å². The number of hydrogen-bond donors (Lipinski definition) is 1. The summed E-state index contributed by atoms with van der Waals surface area (Å²) in [4.78, 5) is 17.6. The lowest BCUT2D eigenvalue weighted by atomic mass is 10.1. The average Bonchev–Trinajstić information content (AvgIpc) is 3.25. The third kappa shape index (κ3) is 3.28. The predicted molar refractivity (Wildman–Crippen MR) is 96.0 cm³/mol. The number of carbonyl (C=O) groups is 1. The molecule has 0 spiro atoms. The third-order valence-electron chi connectivity index (χ3n) is 4.51. The Bertz CT molecular complexity index is 950. The highest BCUT2D eigenvalue weighted by Crippen LogP contribution is 2.33. The molecule has 1 saturated heterocycles. The minimum Gasteiger partial charge on any atom is -0.493 e. The zero-order valence-corrected chi connectivity index (χ0v) is 15.4. The zero-order valence-electron chi connectivity index (χ0n) is 13.7. The maximum atomic E-state index is 12.5. The van der Waals surface area contributed by atoms with Crippen molar-refractivity contribution in [3.63, 3.8) is 0 Å². The highest BCUT2D eigenvalue weighted by molar-refractivity contribution is 7.91. The Morgan fingerprint density at radius 3 is 3.00 bits per heavy atom. The molecule has 1 atom stereocenters. The standard InChI is InChI=1S/C17H18N2O4S2/c1-10-15(16(20)19-13-5-7-25(21,22)9-13)24-17(18-10)12-2-3-14-11(8-12)4-6-23-14/h2-3,8,13H,4-7,9H2,1H3,(H,19,20)/t13-/m0/s1. The zero-order chi connectivity index (χ0) is 17.6. The Hall–Kier alpha value is -1.93. The van der Waals surface area contributed by atoms with E-state index in [9.17, 15) is 13.2 Å². The van der Waals surface area contributed by atoms with Gasteiger partial charge in [0, 0.05) is 18.0 Å². The fraction of sp³-hybridized carbons (Fsp3) is 0.412. The molecule has 6 nitrogen and oxygen atoms in total. The van der Waals surface area contributed by atoms with Crippen LogP contribution in [0.15, 0.2) is 18.2 Å². The van der Waals surface area contributed by atoms with Crippen LogP contribution in [0.25, 0.3) is 10.6 Å². The first-order chi connectivity index (χ1) is 11.9. The summed E-state index contributed by atoms with van der Waals surface area (Å²) in [7, 11) is -3.02. The van der Waals surface area contributed by atoms with Crippen molar-refractivity contribution >= 4 is 27.1 Å². The number of benzene rings is 1. The molecule has 132 valence electrons. The van der Waals surface area contributed by atoms with E-state index in [2.05, 4.69) is 16.4 Å².